The molecule has 1 amide bonds. The first-order valence-electron chi connectivity index (χ1n) is 10.5. The number of methoxy groups -OCH3 is 1. The second-order valence-corrected chi connectivity index (χ2v) is 7.81. The Balaban J connectivity index is 1.50. The topological polar surface area (TPSA) is 60.0 Å². The SMILES string of the molecule is CCN(CC(=O)NC1CCC2(CC1)OCCO2)[C@@H](COC)Cc1ccccc1. The Bertz CT molecular complexity index is 594. The lowest BCUT2D eigenvalue weighted by Gasteiger charge is -2.36. The van der Waals surface area contributed by atoms with Crippen molar-refractivity contribution in [3.8, 4) is 0 Å². The molecule has 0 radical (unpaired) electrons. The molecule has 1 N–H and O–H groups in total. The molecular formula is C22H34N2O4. The molecule has 0 aromatic heterocycles. The zero-order valence-electron chi connectivity index (χ0n) is 17.2. The van der Waals surface area contributed by atoms with Crippen molar-refractivity contribution in [2.75, 3.05) is 40.0 Å². The van der Waals surface area contributed by atoms with Gasteiger partial charge >= 0.3 is 0 Å². The molecule has 1 aliphatic carbocycles. The summed E-state index contributed by atoms with van der Waals surface area (Å²) in [5.74, 6) is -0.291. The number of carbonyl (C=O) groups is 1. The first kappa shape index (κ1) is 21.2. The van der Waals surface area contributed by atoms with Crippen LogP contribution < -0.4 is 5.32 Å². The molecule has 1 saturated heterocycles. The molecule has 1 saturated carbocycles. The Kier molecular flexibility index (Phi) is 7.85. The quantitative estimate of drug-likeness (QED) is 0.701. The Morgan fingerprint density at radius 3 is 2.54 bits per heavy atom. The van der Waals surface area contributed by atoms with Crippen LogP contribution in [-0.2, 0) is 25.4 Å². The van der Waals surface area contributed by atoms with Gasteiger partial charge in [-0.15, -0.1) is 0 Å². The number of hydrogen-bond donors (Lipinski definition) is 1. The van der Waals surface area contributed by atoms with Crippen LogP contribution in [0.2, 0.25) is 0 Å². The summed E-state index contributed by atoms with van der Waals surface area (Å²) in [6.07, 6.45) is 4.40. The van der Waals surface area contributed by atoms with E-state index in [0.717, 1.165) is 38.6 Å². The van der Waals surface area contributed by atoms with Gasteiger partial charge in [-0.25, -0.2) is 0 Å². The van der Waals surface area contributed by atoms with E-state index in [4.69, 9.17) is 14.2 Å². The van der Waals surface area contributed by atoms with Crippen molar-refractivity contribution in [2.45, 2.75) is 56.9 Å². The average Bonchev–Trinajstić information content (AvgIpc) is 3.17. The molecular weight excluding hydrogens is 356 g/mol. The highest BCUT2D eigenvalue weighted by atomic mass is 16.7. The molecule has 2 aliphatic rings. The van der Waals surface area contributed by atoms with Gasteiger partial charge in [0.2, 0.25) is 5.91 Å². The van der Waals surface area contributed by atoms with Crippen molar-refractivity contribution in [3.63, 3.8) is 0 Å². The number of carbonyl (C=O) groups excluding carboxylic acids is 1. The minimum absolute atomic E-state index is 0.0882. The Hall–Kier alpha value is -1.47. The zero-order chi connectivity index (χ0) is 19.8. The van der Waals surface area contributed by atoms with Crippen LogP contribution in [0.15, 0.2) is 30.3 Å². The predicted octanol–water partition coefficient (Wildman–Crippen LogP) is 2.37. The third-order valence-electron chi connectivity index (χ3n) is 5.87. The van der Waals surface area contributed by atoms with Gasteiger partial charge in [-0.2, -0.15) is 0 Å². The van der Waals surface area contributed by atoms with Crippen LogP contribution in [-0.4, -0.2) is 68.7 Å². The van der Waals surface area contributed by atoms with Crippen molar-refractivity contribution < 1.29 is 19.0 Å². The molecule has 3 rings (SSSR count). The molecule has 2 fully saturated rings. The van der Waals surface area contributed by atoms with Crippen LogP contribution in [0.1, 0.15) is 38.2 Å². The fourth-order valence-corrected chi connectivity index (χ4v) is 4.32. The molecule has 6 heteroatoms. The second kappa shape index (κ2) is 10.3. The maximum absolute atomic E-state index is 12.7. The molecule has 1 atom stereocenters. The molecule has 1 aromatic rings. The van der Waals surface area contributed by atoms with Gasteiger partial charge in [0, 0.05) is 32.0 Å². The van der Waals surface area contributed by atoms with Gasteiger partial charge in [0.1, 0.15) is 0 Å². The van der Waals surface area contributed by atoms with E-state index in [-0.39, 0.29) is 23.8 Å². The molecule has 1 spiro atoms. The van der Waals surface area contributed by atoms with E-state index in [9.17, 15) is 4.79 Å². The minimum Gasteiger partial charge on any atom is -0.383 e. The van der Waals surface area contributed by atoms with E-state index >= 15 is 0 Å². The van der Waals surface area contributed by atoms with E-state index in [1.54, 1.807) is 7.11 Å². The molecule has 28 heavy (non-hydrogen) atoms. The van der Waals surface area contributed by atoms with Gasteiger partial charge in [-0.1, -0.05) is 37.3 Å². The Morgan fingerprint density at radius 1 is 1.25 bits per heavy atom. The highest BCUT2D eigenvalue weighted by molar-refractivity contribution is 5.78. The highest BCUT2D eigenvalue weighted by Gasteiger charge is 2.40. The predicted molar refractivity (Wildman–Crippen MR) is 108 cm³/mol. The van der Waals surface area contributed by atoms with Crippen LogP contribution in [0.5, 0.6) is 0 Å². The summed E-state index contributed by atoms with van der Waals surface area (Å²) in [5.41, 5.74) is 1.26. The smallest absolute Gasteiger partial charge is 0.234 e. The number of hydrogen-bond acceptors (Lipinski definition) is 5. The summed E-state index contributed by atoms with van der Waals surface area (Å²) in [7, 11) is 1.72. The summed E-state index contributed by atoms with van der Waals surface area (Å²) in [6, 6.07) is 10.8. The van der Waals surface area contributed by atoms with Crippen LogP contribution >= 0.6 is 0 Å². The summed E-state index contributed by atoms with van der Waals surface area (Å²) in [5, 5.41) is 3.22. The minimum atomic E-state index is -0.379. The van der Waals surface area contributed by atoms with E-state index in [0.29, 0.717) is 26.4 Å². The van der Waals surface area contributed by atoms with Crippen molar-refractivity contribution in [1.82, 2.24) is 10.2 Å². The van der Waals surface area contributed by atoms with Gasteiger partial charge in [-0.05, 0) is 31.4 Å². The number of nitrogens with one attached hydrogen (secondary N) is 1. The lowest BCUT2D eigenvalue weighted by atomic mass is 9.90. The summed E-state index contributed by atoms with van der Waals surface area (Å²) in [4.78, 5) is 14.9. The molecule has 6 nitrogen and oxygen atoms in total. The average molecular weight is 391 g/mol. The standard InChI is InChI=1S/C22H34N2O4/c1-3-24(20(17-26-2)15-18-7-5-4-6-8-18)16-21(25)23-19-9-11-22(12-10-19)27-13-14-28-22/h4-8,19-20H,3,9-17H2,1-2H3,(H,23,25)/t20-/m1/s1. The van der Waals surface area contributed by atoms with Gasteiger partial charge in [0.25, 0.3) is 0 Å². The van der Waals surface area contributed by atoms with Crippen LogP contribution in [0.3, 0.4) is 0 Å². The van der Waals surface area contributed by atoms with E-state index in [2.05, 4.69) is 41.4 Å². The molecule has 0 unspecified atom stereocenters. The number of amides is 1. The molecule has 1 heterocycles. The summed E-state index contributed by atoms with van der Waals surface area (Å²) < 4.78 is 17.0. The third kappa shape index (κ3) is 5.77. The van der Waals surface area contributed by atoms with Gasteiger partial charge in [0.15, 0.2) is 5.79 Å². The molecule has 1 aromatic carbocycles. The first-order valence-corrected chi connectivity index (χ1v) is 10.5. The maximum atomic E-state index is 12.7. The molecule has 0 bridgehead atoms. The third-order valence-corrected chi connectivity index (χ3v) is 5.87. The maximum Gasteiger partial charge on any atom is 0.234 e. The van der Waals surface area contributed by atoms with Gasteiger partial charge in [0.05, 0.1) is 26.4 Å². The fourth-order valence-electron chi connectivity index (χ4n) is 4.32. The van der Waals surface area contributed by atoms with Crippen molar-refractivity contribution in [1.29, 1.82) is 0 Å². The van der Waals surface area contributed by atoms with Gasteiger partial charge < -0.3 is 19.5 Å². The van der Waals surface area contributed by atoms with Crippen molar-refractivity contribution in [2.24, 2.45) is 0 Å². The Morgan fingerprint density at radius 2 is 1.93 bits per heavy atom. The van der Waals surface area contributed by atoms with Crippen molar-refractivity contribution in [3.05, 3.63) is 35.9 Å². The monoisotopic (exact) mass is 390 g/mol. The Labute approximate surface area is 168 Å². The normalized spacial score (nSPS) is 20.5. The van der Waals surface area contributed by atoms with E-state index in [1.807, 2.05) is 6.07 Å². The van der Waals surface area contributed by atoms with Crippen molar-refractivity contribution >= 4 is 5.91 Å². The first-order chi connectivity index (χ1) is 13.6. The zero-order valence-corrected chi connectivity index (χ0v) is 17.2. The number of likely N-dealkylation sites (N-methyl/N-ethyl adjacent to an activating group) is 1. The summed E-state index contributed by atoms with van der Waals surface area (Å²) >= 11 is 0. The molecule has 1 aliphatic heterocycles. The number of nitrogens with zero attached hydrogens (tertiary/aromatic N) is 1. The van der Waals surface area contributed by atoms with Gasteiger partial charge in [-0.3, -0.25) is 9.69 Å². The number of ether oxygens (including phenoxy) is 3. The number of benzene rings is 1. The van der Waals surface area contributed by atoms with Crippen LogP contribution in [0, 0.1) is 0 Å². The largest absolute Gasteiger partial charge is 0.383 e. The van der Waals surface area contributed by atoms with Crippen LogP contribution in [0.4, 0.5) is 0 Å². The fraction of sp³-hybridized carbons (Fsp3) is 0.682. The van der Waals surface area contributed by atoms with E-state index in [1.165, 1.54) is 5.56 Å². The lowest BCUT2D eigenvalue weighted by Crippen LogP contribution is -2.49. The highest BCUT2D eigenvalue weighted by Crippen LogP contribution is 2.35. The second-order valence-electron chi connectivity index (χ2n) is 7.81. The summed E-state index contributed by atoms with van der Waals surface area (Å²) in [6.45, 7) is 5.28. The van der Waals surface area contributed by atoms with E-state index < -0.39 is 0 Å². The lowest BCUT2D eigenvalue weighted by molar-refractivity contribution is -0.180. The van der Waals surface area contributed by atoms with Crippen LogP contribution in [0.25, 0.3) is 0 Å². The molecule has 156 valence electrons. The number of rotatable bonds is 9.